The average Bonchev–Trinajstić information content (AvgIpc) is 2.71. The molecule has 0 unspecified atom stereocenters. The zero-order chi connectivity index (χ0) is 26.7. The summed E-state index contributed by atoms with van der Waals surface area (Å²) in [5.74, 6) is 0. The third-order valence-electron chi connectivity index (χ3n) is 5.21. The predicted octanol–water partition coefficient (Wildman–Crippen LogP) is 6.80. The van der Waals surface area contributed by atoms with E-state index < -0.39 is 15.6 Å². The van der Waals surface area contributed by atoms with Crippen LogP contribution >= 0.6 is 15.6 Å². The first-order valence-corrected chi connectivity index (χ1v) is 14.1. The first kappa shape index (κ1) is 29.2. The Labute approximate surface area is 207 Å². The third-order valence-corrected chi connectivity index (χ3v) is 6.91. The molecule has 0 aliphatic rings. The van der Waals surface area contributed by atoms with Crippen molar-refractivity contribution in [2.45, 2.75) is 52.4 Å². The van der Waals surface area contributed by atoms with Gasteiger partial charge in [-0.05, 0) is 44.2 Å². The van der Waals surface area contributed by atoms with Gasteiger partial charge in [0, 0.05) is 0 Å². The molecule has 3 aromatic rings. The zero-order valence-electron chi connectivity index (χ0n) is 20.8. The molecule has 0 atom stereocenters. The Kier molecular flexibility index (Phi) is 9.08. The van der Waals surface area contributed by atoms with Gasteiger partial charge in [0.15, 0.2) is 0 Å². The molecule has 0 bridgehead atoms. The maximum atomic E-state index is 9.63. The van der Waals surface area contributed by atoms with Gasteiger partial charge in [-0.3, -0.25) is 0 Å². The maximum Gasteiger partial charge on any atom is 0.478 e. The normalized spacial score (nSPS) is 12.6. The third kappa shape index (κ3) is 9.47. The van der Waals surface area contributed by atoms with Crippen molar-refractivity contribution < 1.29 is 33.0 Å². The summed E-state index contributed by atoms with van der Waals surface area (Å²) in [6.45, 7) is 13.7. The lowest BCUT2D eigenvalue weighted by Crippen LogP contribution is -2.17. The fourth-order valence-electron chi connectivity index (χ4n) is 3.49. The summed E-state index contributed by atoms with van der Waals surface area (Å²) in [7, 11) is -10.1. The van der Waals surface area contributed by atoms with Crippen molar-refractivity contribution in [3.05, 3.63) is 83.9 Å². The summed E-state index contributed by atoms with van der Waals surface area (Å²) in [5, 5.41) is 0. The van der Waals surface area contributed by atoms with Crippen LogP contribution in [0.15, 0.2) is 72.8 Å². The van der Waals surface area contributed by atoms with Crippen LogP contribution in [0.4, 0.5) is 0 Å². The molecule has 9 heteroatoms. The number of benzene rings is 3. The molecule has 0 aliphatic heterocycles. The summed E-state index contributed by atoms with van der Waals surface area (Å²) >= 11 is 0. The highest BCUT2D eigenvalue weighted by Crippen LogP contribution is 2.53. The van der Waals surface area contributed by atoms with Crippen LogP contribution in [-0.2, 0) is 24.3 Å². The highest BCUT2D eigenvalue weighted by Gasteiger charge is 2.28. The van der Waals surface area contributed by atoms with Crippen molar-refractivity contribution in [1.82, 2.24) is 0 Å². The Morgan fingerprint density at radius 3 is 1.46 bits per heavy atom. The van der Waals surface area contributed by atoms with E-state index in [1.165, 1.54) is 33.4 Å². The van der Waals surface area contributed by atoms with Crippen LogP contribution in [-0.4, -0.2) is 19.6 Å². The molecule has 3 rings (SSSR count). The molecule has 35 heavy (non-hydrogen) atoms. The van der Waals surface area contributed by atoms with E-state index in [0.717, 1.165) is 0 Å². The van der Waals surface area contributed by atoms with E-state index in [-0.39, 0.29) is 10.8 Å². The molecule has 0 amide bonds. The minimum atomic E-state index is -5.05. The first-order chi connectivity index (χ1) is 15.9. The Morgan fingerprint density at radius 1 is 0.600 bits per heavy atom. The summed E-state index contributed by atoms with van der Waals surface area (Å²) in [6.07, 6.45) is 0. The van der Waals surface area contributed by atoms with Crippen LogP contribution in [0, 0.1) is 0 Å². The molecule has 4 N–H and O–H groups in total. The van der Waals surface area contributed by atoms with Gasteiger partial charge < -0.3 is 19.6 Å². The molecular weight excluding hydrogens is 486 g/mol. The molecule has 0 spiro atoms. The maximum absolute atomic E-state index is 9.63. The summed E-state index contributed by atoms with van der Waals surface area (Å²) in [6, 6.07) is 26.5. The van der Waals surface area contributed by atoms with Crippen LogP contribution < -0.4 is 0 Å². The summed E-state index contributed by atoms with van der Waals surface area (Å²) in [5.41, 5.74) is 8.23. The van der Waals surface area contributed by atoms with Gasteiger partial charge in [-0.25, -0.2) is 9.13 Å². The lowest BCUT2D eigenvalue weighted by atomic mass is 9.77. The predicted molar refractivity (Wildman–Crippen MR) is 140 cm³/mol. The van der Waals surface area contributed by atoms with E-state index in [2.05, 4.69) is 119 Å². The molecule has 7 nitrogen and oxygen atoms in total. The number of rotatable bonds is 4. The SMILES string of the molecule is CC(C)(C)c1ccc(-c2ccc(-c3ccccc3)cc2)c(C(C)(C)C)c1.O=P(O)(O)OP(=O)(O)O. The van der Waals surface area contributed by atoms with Crippen molar-refractivity contribution in [3.63, 3.8) is 0 Å². The quantitative estimate of drug-likeness (QED) is 0.279. The molecule has 0 radical (unpaired) electrons. The van der Waals surface area contributed by atoms with Crippen molar-refractivity contribution >= 4 is 15.6 Å². The second-order valence-electron chi connectivity index (χ2n) is 10.3. The van der Waals surface area contributed by atoms with Crippen LogP contribution in [0.25, 0.3) is 22.3 Å². The number of hydrogen-bond acceptors (Lipinski definition) is 3. The monoisotopic (exact) mass is 520 g/mol. The van der Waals surface area contributed by atoms with Gasteiger partial charge in [-0.2, -0.15) is 4.31 Å². The number of phosphoric acid groups is 2. The van der Waals surface area contributed by atoms with Crippen LogP contribution in [0.3, 0.4) is 0 Å². The van der Waals surface area contributed by atoms with E-state index >= 15 is 0 Å². The zero-order valence-corrected chi connectivity index (χ0v) is 22.6. The largest absolute Gasteiger partial charge is 0.478 e. The van der Waals surface area contributed by atoms with Gasteiger partial charge in [0.1, 0.15) is 0 Å². The Morgan fingerprint density at radius 2 is 1.06 bits per heavy atom. The lowest BCUT2D eigenvalue weighted by Gasteiger charge is -2.27. The fraction of sp³-hybridized carbons (Fsp3) is 0.308. The number of hydrogen-bond donors (Lipinski definition) is 4. The minimum Gasteiger partial charge on any atom is -0.302 e. The van der Waals surface area contributed by atoms with Crippen LogP contribution in [0.2, 0.25) is 0 Å². The van der Waals surface area contributed by atoms with Gasteiger partial charge >= 0.3 is 15.6 Å². The second kappa shape index (κ2) is 10.9. The Bertz CT molecular complexity index is 1190. The molecular formula is C26H34O7P2. The molecule has 0 saturated carbocycles. The lowest BCUT2D eigenvalue weighted by molar-refractivity contribution is 0.225. The Hall–Kier alpha value is -2.08. The fourth-order valence-corrected chi connectivity index (χ4v) is 4.60. The van der Waals surface area contributed by atoms with Crippen LogP contribution in [0.5, 0.6) is 0 Å². The van der Waals surface area contributed by atoms with Crippen molar-refractivity contribution in [2.75, 3.05) is 0 Å². The topological polar surface area (TPSA) is 124 Å². The van der Waals surface area contributed by atoms with Crippen molar-refractivity contribution in [1.29, 1.82) is 0 Å². The van der Waals surface area contributed by atoms with Crippen molar-refractivity contribution in [3.8, 4) is 22.3 Å². The van der Waals surface area contributed by atoms with Gasteiger partial charge in [0.2, 0.25) is 0 Å². The smallest absolute Gasteiger partial charge is 0.302 e. The molecule has 0 aliphatic carbocycles. The van der Waals surface area contributed by atoms with Crippen molar-refractivity contribution in [2.24, 2.45) is 0 Å². The standard InChI is InChI=1S/C26H30.H4O7P2/c1-25(2,3)22-16-17-23(24(18-22)26(4,5)6)21-14-12-20(13-15-21)19-10-8-7-9-11-19;1-8(2,3)7-9(4,5)6/h7-18H,1-6H3;(H2,1,2,3)(H2,4,5,6). The van der Waals surface area contributed by atoms with Gasteiger partial charge in [0.05, 0.1) is 0 Å². The highest BCUT2D eigenvalue weighted by atomic mass is 31.3. The van der Waals surface area contributed by atoms with E-state index in [1.807, 2.05) is 0 Å². The minimum absolute atomic E-state index is 0.106. The molecule has 0 fully saturated rings. The van der Waals surface area contributed by atoms with E-state index in [9.17, 15) is 9.13 Å². The van der Waals surface area contributed by atoms with E-state index in [4.69, 9.17) is 19.6 Å². The molecule has 190 valence electrons. The first-order valence-electron chi connectivity index (χ1n) is 11.0. The molecule has 0 saturated heterocycles. The van der Waals surface area contributed by atoms with Gasteiger partial charge in [-0.15, -0.1) is 0 Å². The molecule has 0 aromatic heterocycles. The summed E-state index contributed by atoms with van der Waals surface area (Å²) in [4.78, 5) is 31.0. The second-order valence-corrected chi connectivity index (χ2v) is 12.9. The van der Waals surface area contributed by atoms with Crippen LogP contribution in [0.1, 0.15) is 52.7 Å². The molecule has 3 aromatic carbocycles. The Balaban J connectivity index is 0.000000410. The van der Waals surface area contributed by atoms with Gasteiger partial charge in [-0.1, -0.05) is 114 Å². The van der Waals surface area contributed by atoms with E-state index in [1.54, 1.807) is 0 Å². The summed E-state index contributed by atoms with van der Waals surface area (Å²) < 4.78 is 22.2. The molecule has 0 heterocycles. The highest BCUT2D eigenvalue weighted by molar-refractivity contribution is 7.60. The van der Waals surface area contributed by atoms with E-state index in [0.29, 0.717) is 0 Å². The average molecular weight is 520 g/mol. The van der Waals surface area contributed by atoms with Gasteiger partial charge in [0.25, 0.3) is 0 Å².